The first kappa shape index (κ1) is 18.8. The molecule has 2 aromatic rings. The van der Waals surface area contributed by atoms with Gasteiger partial charge >= 0.3 is 12.2 Å². The molecule has 7 nitrogen and oxygen atoms in total. The molecule has 142 valence electrons. The molecular weight excluding hydrogens is 371 g/mol. The van der Waals surface area contributed by atoms with Crippen LogP contribution in [-0.2, 0) is 6.18 Å². The zero-order valence-electron chi connectivity index (χ0n) is 14.0. The van der Waals surface area contributed by atoms with Crippen molar-refractivity contribution in [2.45, 2.75) is 19.1 Å². The van der Waals surface area contributed by atoms with Crippen molar-refractivity contribution < 1.29 is 23.0 Å². The number of halogens is 3. The van der Waals surface area contributed by atoms with Crippen LogP contribution in [0.15, 0.2) is 12.4 Å². The Hall–Kier alpha value is -1.98. The summed E-state index contributed by atoms with van der Waals surface area (Å²) in [6.07, 6.45) is -1.72. The SMILES string of the molecule is CCOc1ncc(-c2nc(C(F)(F)F)sc2N2CCN[C@H](CO)C2)cn1. The largest absolute Gasteiger partial charge is 0.464 e. The summed E-state index contributed by atoms with van der Waals surface area (Å²) < 4.78 is 44.8. The van der Waals surface area contributed by atoms with Crippen LogP contribution >= 0.6 is 11.3 Å². The average molecular weight is 389 g/mol. The minimum atomic E-state index is -4.53. The summed E-state index contributed by atoms with van der Waals surface area (Å²) >= 11 is 0.588. The smallest absolute Gasteiger partial charge is 0.443 e. The summed E-state index contributed by atoms with van der Waals surface area (Å²) in [6.45, 7) is 3.55. The molecule has 0 aromatic carbocycles. The molecule has 2 N–H and O–H groups in total. The van der Waals surface area contributed by atoms with Crippen LogP contribution in [0.3, 0.4) is 0 Å². The molecule has 3 heterocycles. The van der Waals surface area contributed by atoms with Gasteiger partial charge in [-0.1, -0.05) is 11.3 Å². The Balaban J connectivity index is 1.98. The number of alkyl halides is 3. The van der Waals surface area contributed by atoms with Crippen molar-refractivity contribution in [3.8, 4) is 17.3 Å². The van der Waals surface area contributed by atoms with E-state index in [0.29, 0.717) is 48.1 Å². The van der Waals surface area contributed by atoms with E-state index in [-0.39, 0.29) is 24.4 Å². The van der Waals surface area contributed by atoms with Gasteiger partial charge < -0.3 is 20.1 Å². The van der Waals surface area contributed by atoms with Gasteiger partial charge in [-0.25, -0.2) is 15.0 Å². The van der Waals surface area contributed by atoms with E-state index in [4.69, 9.17) is 4.74 Å². The molecule has 1 saturated heterocycles. The number of aliphatic hydroxyl groups excluding tert-OH is 1. The molecular formula is C15H18F3N5O2S. The first-order chi connectivity index (χ1) is 12.4. The molecule has 0 unspecified atom stereocenters. The Morgan fingerprint density at radius 3 is 2.73 bits per heavy atom. The number of hydrogen-bond donors (Lipinski definition) is 2. The number of hydrogen-bond acceptors (Lipinski definition) is 8. The van der Waals surface area contributed by atoms with Crippen LogP contribution < -0.4 is 15.0 Å². The number of nitrogens with one attached hydrogen (secondary N) is 1. The molecule has 0 radical (unpaired) electrons. The lowest BCUT2D eigenvalue weighted by Gasteiger charge is -2.33. The Morgan fingerprint density at radius 2 is 2.12 bits per heavy atom. The molecule has 0 spiro atoms. The van der Waals surface area contributed by atoms with Crippen LogP contribution in [0.2, 0.25) is 0 Å². The quantitative estimate of drug-likeness (QED) is 0.807. The van der Waals surface area contributed by atoms with Gasteiger partial charge in [0.25, 0.3) is 0 Å². The second-order valence-corrected chi connectivity index (χ2v) is 6.62. The number of ether oxygens (including phenoxy) is 1. The Bertz CT molecular complexity index is 738. The lowest BCUT2D eigenvalue weighted by atomic mass is 10.2. The number of aromatic nitrogens is 3. The third kappa shape index (κ3) is 4.05. The van der Waals surface area contributed by atoms with Crippen LogP contribution in [0.1, 0.15) is 11.9 Å². The highest BCUT2D eigenvalue weighted by Gasteiger charge is 2.37. The van der Waals surface area contributed by atoms with E-state index in [1.807, 2.05) is 0 Å². The van der Waals surface area contributed by atoms with Crippen molar-refractivity contribution in [1.29, 1.82) is 0 Å². The van der Waals surface area contributed by atoms with Gasteiger partial charge in [-0.3, -0.25) is 0 Å². The summed E-state index contributed by atoms with van der Waals surface area (Å²) in [5.41, 5.74) is 0.568. The number of piperazine rings is 1. The summed E-state index contributed by atoms with van der Waals surface area (Å²) in [4.78, 5) is 13.6. The van der Waals surface area contributed by atoms with Gasteiger partial charge in [0.05, 0.1) is 13.2 Å². The third-order valence-corrected chi connectivity index (χ3v) is 4.95. The maximum Gasteiger partial charge on any atom is 0.443 e. The molecule has 26 heavy (non-hydrogen) atoms. The van der Waals surface area contributed by atoms with E-state index in [1.165, 1.54) is 12.4 Å². The molecule has 0 bridgehead atoms. The average Bonchev–Trinajstić information content (AvgIpc) is 3.08. The molecule has 1 atom stereocenters. The summed E-state index contributed by atoms with van der Waals surface area (Å²) in [7, 11) is 0. The van der Waals surface area contributed by atoms with Crippen LogP contribution in [0.25, 0.3) is 11.3 Å². The zero-order chi connectivity index (χ0) is 18.7. The molecule has 1 fully saturated rings. The van der Waals surface area contributed by atoms with Crippen LogP contribution in [-0.4, -0.2) is 58.9 Å². The summed E-state index contributed by atoms with van der Waals surface area (Å²) in [6, 6.07) is -0.0452. The van der Waals surface area contributed by atoms with Crippen molar-refractivity contribution in [3.05, 3.63) is 17.4 Å². The second-order valence-electron chi connectivity index (χ2n) is 5.64. The number of anilines is 1. The molecule has 0 saturated carbocycles. The molecule has 0 amide bonds. The predicted molar refractivity (Wildman–Crippen MR) is 90.4 cm³/mol. The Kier molecular flexibility index (Phi) is 5.58. The topological polar surface area (TPSA) is 83.4 Å². The predicted octanol–water partition coefficient (Wildman–Crippen LogP) is 1.79. The first-order valence-electron chi connectivity index (χ1n) is 8.04. The van der Waals surface area contributed by atoms with Gasteiger partial charge in [-0.15, -0.1) is 0 Å². The van der Waals surface area contributed by atoms with Gasteiger partial charge in [0.1, 0.15) is 10.7 Å². The summed E-state index contributed by atoms with van der Waals surface area (Å²) in [5, 5.41) is 11.9. The first-order valence-corrected chi connectivity index (χ1v) is 8.86. The molecule has 0 aliphatic carbocycles. The van der Waals surface area contributed by atoms with Crippen molar-refractivity contribution in [3.63, 3.8) is 0 Å². The molecule has 1 aliphatic rings. The Labute approximate surface area is 151 Å². The second kappa shape index (κ2) is 7.72. The number of thiazole rings is 1. The lowest BCUT2D eigenvalue weighted by molar-refractivity contribution is -0.137. The highest BCUT2D eigenvalue weighted by atomic mass is 32.1. The van der Waals surface area contributed by atoms with E-state index in [1.54, 1.807) is 11.8 Å². The number of rotatable bonds is 5. The van der Waals surface area contributed by atoms with E-state index in [2.05, 4.69) is 20.3 Å². The fourth-order valence-electron chi connectivity index (χ4n) is 2.61. The molecule has 3 rings (SSSR count). The van der Waals surface area contributed by atoms with E-state index >= 15 is 0 Å². The normalized spacial score (nSPS) is 18.2. The third-order valence-electron chi connectivity index (χ3n) is 3.79. The van der Waals surface area contributed by atoms with Gasteiger partial charge in [-0.2, -0.15) is 13.2 Å². The van der Waals surface area contributed by atoms with E-state index in [0.717, 1.165) is 0 Å². The lowest BCUT2D eigenvalue weighted by Crippen LogP contribution is -2.52. The van der Waals surface area contributed by atoms with Crippen LogP contribution in [0.5, 0.6) is 6.01 Å². The fourth-order valence-corrected chi connectivity index (χ4v) is 3.60. The molecule has 2 aromatic heterocycles. The fraction of sp³-hybridized carbons (Fsp3) is 0.533. The maximum atomic E-state index is 13.2. The maximum absolute atomic E-state index is 13.2. The highest BCUT2D eigenvalue weighted by Crippen LogP contribution is 2.42. The van der Waals surface area contributed by atoms with Crippen LogP contribution in [0, 0.1) is 0 Å². The Morgan fingerprint density at radius 1 is 1.38 bits per heavy atom. The van der Waals surface area contributed by atoms with Gasteiger partial charge in [0, 0.05) is 43.6 Å². The van der Waals surface area contributed by atoms with E-state index in [9.17, 15) is 18.3 Å². The minimum absolute atomic E-state index is 0.0943. The molecule has 1 aliphatic heterocycles. The van der Waals surface area contributed by atoms with Crippen LogP contribution in [0.4, 0.5) is 18.2 Å². The van der Waals surface area contributed by atoms with Gasteiger partial charge in [-0.05, 0) is 6.92 Å². The number of aliphatic hydroxyl groups is 1. The number of nitrogens with zero attached hydrogens (tertiary/aromatic N) is 4. The highest BCUT2D eigenvalue weighted by molar-refractivity contribution is 7.16. The van der Waals surface area contributed by atoms with E-state index < -0.39 is 11.2 Å². The van der Waals surface area contributed by atoms with Crippen molar-refractivity contribution in [1.82, 2.24) is 20.3 Å². The zero-order valence-corrected chi connectivity index (χ0v) is 14.8. The summed E-state index contributed by atoms with van der Waals surface area (Å²) in [5.74, 6) is 0. The standard InChI is InChI=1S/C15H18F3N5O2S/c1-2-25-14-20-5-9(6-21-14)11-12(26-13(22-11)15(16,17)18)23-4-3-19-10(7-23)8-24/h5-6,10,19,24H,2-4,7-8H2,1H3/t10-/m0/s1. The van der Waals surface area contributed by atoms with Gasteiger partial charge in [0.15, 0.2) is 0 Å². The molecule has 11 heteroatoms. The monoisotopic (exact) mass is 389 g/mol. The minimum Gasteiger partial charge on any atom is -0.464 e. The van der Waals surface area contributed by atoms with Gasteiger partial charge in [0.2, 0.25) is 5.01 Å². The van der Waals surface area contributed by atoms with Crippen molar-refractivity contribution >= 4 is 16.3 Å². The van der Waals surface area contributed by atoms with Crippen molar-refractivity contribution in [2.24, 2.45) is 0 Å². The van der Waals surface area contributed by atoms with Crippen molar-refractivity contribution in [2.75, 3.05) is 37.7 Å².